The van der Waals surface area contributed by atoms with Crippen molar-refractivity contribution in [3.8, 4) is 5.75 Å². The molecule has 1 amide bonds. The van der Waals surface area contributed by atoms with Crippen LogP contribution >= 0.6 is 0 Å². The summed E-state index contributed by atoms with van der Waals surface area (Å²) in [6.45, 7) is 7.66. The van der Waals surface area contributed by atoms with E-state index in [2.05, 4.69) is 34.3 Å². The topological polar surface area (TPSA) is 54.5 Å². The van der Waals surface area contributed by atoms with Crippen molar-refractivity contribution >= 4 is 17.3 Å². The van der Waals surface area contributed by atoms with Gasteiger partial charge in [0.2, 0.25) is 0 Å². The van der Waals surface area contributed by atoms with E-state index < -0.39 is 0 Å². The number of nitrogens with zero attached hydrogens (tertiary/aromatic N) is 2. The first-order valence-electron chi connectivity index (χ1n) is 9.88. The lowest BCUT2D eigenvalue weighted by atomic mass is 10.2. The summed E-state index contributed by atoms with van der Waals surface area (Å²) in [5.41, 5.74) is 3.22. The largest absolute Gasteiger partial charge is 0.489 e. The molecule has 0 spiro atoms. The molecule has 150 valence electrons. The summed E-state index contributed by atoms with van der Waals surface area (Å²) in [6, 6.07) is 21.4. The number of benzene rings is 2. The number of ether oxygens (including phenoxy) is 1. The molecule has 0 bridgehead atoms. The molecule has 0 radical (unpaired) electrons. The van der Waals surface area contributed by atoms with Crippen molar-refractivity contribution in [2.45, 2.75) is 33.4 Å². The predicted octanol–water partition coefficient (Wildman–Crippen LogP) is 5.15. The maximum atomic E-state index is 12.7. The lowest BCUT2D eigenvalue weighted by Crippen LogP contribution is -2.22. The molecule has 0 unspecified atom stereocenters. The fourth-order valence-electron chi connectivity index (χ4n) is 3.01. The fraction of sp³-hybridized carbons (Fsp3) is 0.250. The summed E-state index contributed by atoms with van der Waals surface area (Å²) < 4.78 is 5.76. The van der Waals surface area contributed by atoms with Gasteiger partial charge in [-0.1, -0.05) is 42.5 Å². The zero-order valence-corrected chi connectivity index (χ0v) is 17.1. The summed E-state index contributed by atoms with van der Waals surface area (Å²) >= 11 is 0. The van der Waals surface area contributed by atoms with Gasteiger partial charge in [-0.2, -0.15) is 0 Å². The second-order valence-corrected chi connectivity index (χ2v) is 7.02. The molecule has 0 fully saturated rings. The standard InChI is InChI=1S/C24H27N3O2/c1-4-27(17-19-10-6-5-7-11-19)20-14-15-22(25-16-20)24(28)26-21-12-8-9-13-23(21)29-18(2)3/h5-16,18H,4,17H2,1-3H3,(H,26,28). The minimum absolute atomic E-state index is 0.0232. The lowest BCUT2D eigenvalue weighted by molar-refractivity contribution is 0.102. The molecule has 5 heteroatoms. The third-order valence-electron chi connectivity index (χ3n) is 4.44. The first kappa shape index (κ1) is 20.4. The summed E-state index contributed by atoms with van der Waals surface area (Å²) in [7, 11) is 0. The van der Waals surface area contributed by atoms with Crippen LogP contribution in [0.1, 0.15) is 36.8 Å². The van der Waals surface area contributed by atoms with Crippen LogP contribution in [0.25, 0.3) is 0 Å². The van der Waals surface area contributed by atoms with Gasteiger partial charge in [-0.15, -0.1) is 0 Å². The van der Waals surface area contributed by atoms with Crippen molar-refractivity contribution in [1.82, 2.24) is 4.98 Å². The number of carbonyl (C=O) groups is 1. The molecule has 0 aliphatic rings. The van der Waals surface area contributed by atoms with Crippen molar-refractivity contribution in [2.24, 2.45) is 0 Å². The number of hydrogen-bond donors (Lipinski definition) is 1. The van der Waals surface area contributed by atoms with Crippen molar-refractivity contribution in [3.05, 3.63) is 84.2 Å². The molecular weight excluding hydrogens is 362 g/mol. The minimum atomic E-state index is -0.262. The van der Waals surface area contributed by atoms with Crippen LogP contribution in [0.3, 0.4) is 0 Å². The van der Waals surface area contributed by atoms with E-state index in [1.807, 2.05) is 62.4 Å². The first-order valence-corrected chi connectivity index (χ1v) is 9.88. The van der Waals surface area contributed by atoms with Crippen LogP contribution in [-0.4, -0.2) is 23.5 Å². The molecular formula is C24H27N3O2. The van der Waals surface area contributed by atoms with Crippen LogP contribution in [0.2, 0.25) is 0 Å². The summed E-state index contributed by atoms with van der Waals surface area (Å²) in [5.74, 6) is 0.384. The molecule has 3 rings (SSSR count). The Morgan fingerprint density at radius 1 is 1.03 bits per heavy atom. The van der Waals surface area contributed by atoms with Crippen molar-refractivity contribution in [2.75, 3.05) is 16.8 Å². The maximum Gasteiger partial charge on any atom is 0.274 e. The highest BCUT2D eigenvalue weighted by Gasteiger charge is 2.13. The first-order chi connectivity index (χ1) is 14.1. The molecule has 0 saturated carbocycles. The molecule has 2 aromatic carbocycles. The molecule has 1 aromatic heterocycles. The van der Waals surface area contributed by atoms with E-state index in [4.69, 9.17) is 4.74 Å². The number of rotatable bonds is 8. The van der Waals surface area contributed by atoms with E-state index in [0.29, 0.717) is 17.1 Å². The highest BCUT2D eigenvalue weighted by molar-refractivity contribution is 6.03. The lowest BCUT2D eigenvalue weighted by Gasteiger charge is -2.23. The zero-order valence-electron chi connectivity index (χ0n) is 17.1. The highest BCUT2D eigenvalue weighted by Crippen LogP contribution is 2.25. The van der Waals surface area contributed by atoms with Crippen LogP contribution in [0.15, 0.2) is 72.9 Å². The van der Waals surface area contributed by atoms with Gasteiger partial charge in [0.05, 0.1) is 23.7 Å². The van der Waals surface area contributed by atoms with Gasteiger partial charge >= 0.3 is 0 Å². The van der Waals surface area contributed by atoms with Crippen LogP contribution in [0.4, 0.5) is 11.4 Å². The van der Waals surface area contributed by atoms with E-state index in [0.717, 1.165) is 18.8 Å². The predicted molar refractivity (Wildman–Crippen MR) is 118 cm³/mol. The van der Waals surface area contributed by atoms with Gasteiger partial charge in [-0.3, -0.25) is 4.79 Å². The molecule has 3 aromatic rings. The number of amides is 1. The van der Waals surface area contributed by atoms with Gasteiger partial charge in [-0.25, -0.2) is 4.98 Å². The van der Waals surface area contributed by atoms with E-state index >= 15 is 0 Å². The number of aromatic nitrogens is 1. The number of nitrogens with one attached hydrogen (secondary N) is 1. The van der Waals surface area contributed by atoms with Crippen LogP contribution in [0, 0.1) is 0 Å². The van der Waals surface area contributed by atoms with Crippen molar-refractivity contribution < 1.29 is 9.53 Å². The van der Waals surface area contributed by atoms with Crippen LogP contribution in [-0.2, 0) is 6.54 Å². The summed E-state index contributed by atoms with van der Waals surface area (Å²) in [4.78, 5) is 19.3. The number of carbonyl (C=O) groups excluding carboxylic acids is 1. The Labute approximate surface area is 172 Å². The summed E-state index contributed by atoms with van der Waals surface area (Å²) in [5, 5.41) is 2.89. The van der Waals surface area contributed by atoms with E-state index in [1.54, 1.807) is 12.3 Å². The normalized spacial score (nSPS) is 10.6. The molecule has 0 atom stereocenters. The molecule has 0 saturated heterocycles. The molecule has 0 aliphatic heterocycles. The second kappa shape index (κ2) is 9.73. The van der Waals surface area contributed by atoms with Gasteiger partial charge in [0.1, 0.15) is 11.4 Å². The van der Waals surface area contributed by atoms with Crippen molar-refractivity contribution in [3.63, 3.8) is 0 Å². The van der Waals surface area contributed by atoms with Gasteiger partial charge < -0.3 is 15.0 Å². The SMILES string of the molecule is CCN(Cc1ccccc1)c1ccc(C(=O)Nc2ccccc2OC(C)C)nc1. The van der Waals surface area contributed by atoms with E-state index in [1.165, 1.54) is 5.56 Å². The molecule has 0 aliphatic carbocycles. The average Bonchev–Trinajstić information content (AvgIpc) is 2.74. The maximum absolute atomic E-state index is 12.7. The highest BCUT2D eigenvalue weighted by atomic mass is 16.5. The van der Waals surface area contributed by atoms with Crippen molar-refractivity contribution in [1.29, 1.82) is 0 Å². The van der Waals surface area contributed by atoms with Crippen LogP contribution < -0.4 is 15.0 Å². The number of para-hydroxylation sites is 2. The monoisotopic (exact) mass is 389 g/mol. The van der Waals surface area contributed by atoms with Gasteiger partial charge in [0.25, 0.3) is 5.91 Å². The minimum Gasteiger partial charge on any atom is -0.489 e. The molecule has 1 N–H and O–H groups in total. The Bertz CT molecular complexity index is 924. The Morgan fingerprint density at radius 3 is 2.41 bits per heavy atom. The number of pyridine rings is 1. The third kappa shape index (κ3) is 5.57. The average molecular weight is 389 g/mol. The van der Waals surface area contributed by atoms with Gasteiger partial charge in [0, 0.05) is 13.1 Å². The molecule has 5 nitrogen and oxygen atoms in total. The van der Waals surface area contributed by atoms with Gasteiger partial charge in [-0.05, 0) is 50.6 Å². The quantitative estimate of drug-likeness (QED) is 0.579. The second-order valence-electron chi connectivity index (χ2n) is 7.02. The third-order valence-corrected chi connectivity index (χ3v) is 4.44. The Hall–Kier alpha value is -3.34. The molecule has 1 heterocycles. The number of anilines is 2. The fourth-order valence-corrected chi connectivity index (χ4v) is 3.01. The van der Waals surface area contributed by atoms with E-state index in [9.17, 15) is 4.79 Å². The Morgan fingerprint density at radius 2 is 1.76 bits per heavy atom. The smallest absolute Gasteiger partial charge is 0.274 e. The van der Waals surface area contributed by atoms with Gasteiger partial charge in [0.15, 0.2) is 0 Å². The zero-order chi connectivity index (χ0) is 20.6. The number of hydrogen-bond acceptors (Lipinski definition) is 4. The Balaban J connectivity index is 1.70. The van der Waals surface area contributed by atoms with E-state index in [-0.39, 0.29) is 12.0 Å². The molecule has 29 heavy (non-hydrogen) atoms. The Kier molecular flexibility index (Phi) is 6.85. The van der Waals surface area contributed by atoms with Crippen LogP contribution in [0.5, 0.6) is 5.75 Å². The summed E-state index contributed by atoms with van der Waals surface area (Å²) in [6.07, 6.45) is 1.77.